The highest BCUT2D eigenvalue weighted by Crippen LogP contribution is 2.25. The Bertz CT molecular complexity index is 309. The minimum atomic E-state index is 0.565. The van der Waals surface area contributed by atoms with E-state index < -0.39 is 0 Å². The first-order valence-electron chi connectivity index (χ1n) is 5.26. The number of hydrogen-bond donors (Lipinski definition) is 1. The molecule has 1 aromatic heterocycles. The quantitative estimate of drug-likeness (QED) is 0.843. The number of rotatable bonds is 3. The second kappa shape index (κ2) is 4.92. The summed E-state index contributed by atoms with van der Waals surface area (Å²) in [5.74, 6) is 0. The lowest BCUT2D eigenvalue weighted by atomic mass is 10.1. The maximum atomic E-state index is 5.57. The predicted octanol–water partition coefficient (Wildman–Crippen LogP) is 1.22. The first-order valence-corrected chi connectivity index (χ1v) is 6.08. The summed E-state index contributed by atoms with van der Waals surface area (Å²) in [6.45, 7) is 2.31. The molecule has 0 bridgehead atoms. The van der Waals surface area contributed by atoms with E-state index >= 15 is 0 Å². The van der Waals surface area contributed by atoms with Crippen LogP contribution in [0.25, 0.3) is 0 Å². The van der Waals surface area contributed by atoms with Crippen LogP contribution in [0.4, 0.5) is 5.13 Å². The van der Waals surface area contributed by atoms with Crippen molar-refractivity contribution in [2.24, 2.45) is 5.73 Å². The van der Waals surface area contributed by atoms with Crippen LogP contribution in [0.5, 0.6) is 0 Å². The van der Waals surface area contributed by atoms with E-state index in [1.165, 1.54) is 0 Å². The minimum Gasteiger partial charge on any atom is -0.381 e. The summed E-state index contributed by atoms with van der Waals surface area (Å²) in [5.41, 5.74) is 5.57. The number of ether oxygens (including phenoxy) is 1. The zero-order chi connectivity index (χ0) is 10.7. The molecule has 5 heteroatoms. The van der Waals surface area contributed by atoms with E-state index in [0.29, 0.717) is 12.6 Å². The van der Waals surface area contributed by atoms with Gasteiger partial charge in [0.05, 0.1) is 0 Å². The van der Waals surface area contributed by atoms with Crippen LogP contribution in [0.1, 0.15) is 17.7 Å². The van der Waals surface area contributed by atoms with Gasteiger partial charge in [-0.25, -0.2) is 4.98 Å². The lowest BCUT2D eigenvalue weighted by molar-refractivity contribution is 0.0855. The summed E-state index contributed by atoms with van der Waals surface area (Å²) in [5, 5.41) is 1.07. The average Bonchev–Trinajstić information content (AvgIpc) is 2.78. The van der Waals surface area contributed by atoms with Crippen LogP contribution in [-0.4, -0.2) is 31.3 Å². The number of anilines is 1. The Morgan fingerprint density at radius 3 is 2.93 bits per heavy atom. The fourth-order valence-electron chi connectivity index (χ4n) is 1.78. The predicted molar refractivity (Wildman–Crippen MR) is 62.2 cm³/mol. The van der Waals surface area contributed by atoms with E-state index in [0.717, 1.165) is 36.1 Å². The largest absolute Gasteiger partial charge is 0.381 e. The van der Waals surface area contributed by atoms with Crippen molar-refractivity contribution in [3.05, 3.63) is 11.1 Å². The van der Waals surface area contributed by atoms with Gasteiger partial charge in [-0.2, -0.15) is 0 Å². The van der Waals surface area contributed by atoms with Crippen molar-refractivity contribution in [1.82, 2.24) is 4.98 Å². The highest BCUT2D eigenvalue weighted by molar-refractivity contribution is 7.15. The summed E-state index contributed by atoms with van der Waals surface area (Å²) >= 11 is 1.68. The molecule has 1 aromatic rings. The monoisotopic (exact) mass is 227 g/mol. The molecule has 2 heterocycles. The zero-order valence-electron chi connectivity index (χ0n) is 8.98. The molecular weight excluding hydrogens is 210 g/mol. The summed E-state index contributed by atoms with van der Waals surface area (Å²) in [6.07, 6.45) is 4.05. The van der Waals surface area contributed by atoms with Crippen LogP contribution in [-0.2, 0) is 11.3 Å². The number of nitrogens with zero attached hydrogens (tertiary/aromatic N) is 2. The second-order valence-corrected chi connectivity index (χ2v) is 4.86. The fourth-order valence-corrected chi connectivity index (χ4v) is 2.60. The molecule has 0 amide bonds. The van der Waals surface area contributed by atoms with Crippen molar-refractivity contribution in [2.45, 2.75) is 25.4 Å². The van der Waals surface area contributed by atoms with E-state index in [4.69, 9.17) is 10.5 Å². The van der Waals surface area contributed by atoms with Crippen LogP contribution in [0, 0.1) is 0 Å². The molecule has 0 atom stereocenters. The highest BCUT2D eigenvalue weighted by Gasteiger charge is 2.20. The topological polar surface area (TPSA) is 51.4 Å². The Morgan fingerprint density at radius 1 is 1.60 bits per heavy atom. The van der Waals surface area contributed by atoms with Crippen molar-refractivity contribution < 1.29 is 4.74 Å². The molecule has 2 N–H and O–H groups in total. The summed E-state index contributed by atoms with van der Waals surface area (Å²) in [7, 11) is 2.11. The van der Waals surface area contributed by atoms with E-state index in [2.05, 4.69) is 16.9 Å². The Labute approximate surface area is 94.1 Å². The molecule has 1 fully saturated rings. The van der Waals surface area contributed by atoms with Crippen LogP contribution in [0.3, 0.4) is 0 Å². The normalized spacial score (nSPS) is 18.0. The molecule has 1 saturated heterocycles. The molecule has 2 rings (SSSR count). The van der Waals surface area contributed by atoms with E-state index in [9.17, 15) is 0 Å². The molecule has 0 saturated carbocycles. The SMILES string of the molecule is CN(c1ncc(CN)s1)C1CCOCC1. The fraction of sp³-hybridized carbons (Fsp3) is 0.700. The van der Waals surface area contributed by atoms with E-state index in [1.54, 1.807) is 11.3 Å². The van der Waals surface area contributed by atoms with Gasteiger partial charge < -0.3 is 15.4 Å². The van der Waals surface area contributed by atoms with Gasteiger partial charge in [-0.05, 0) is 12.8 Å². The van der Waals surface area contributed by atoms with E-state index in [-0.39, 0.29) is 0 Å². The van der Waals surface area contributed by atoms with Crippen LogP contribution >= 0.6 is 11.3 Å². The molecule has 84 valence electrons. The van der Waals surface area contributed by atoms with Gasteiger partial charge in [0.25, 0.3) is 0 Å². The standard InChI is InChI=1S/C10H17N3OS/c1-13(8-2-4-14-5-3-8)10-12-7-9(6-11)15-10/h7-8H,2-6,11H2,1H3. The minimum absolute atomic E-state index is 0.565. The smallest absolute Gasteiger partial charge is 0.185 e. The molecule has 0 radical (unpaired) electrons. The van der Waals surface area contributed by atoms with Gasteiger partial charge in [0.1, 0.15) is 0 Å². The third-order valence-corrected chi connectivity index (χ3v) is 3.89. The van der Waals surface area contributed by atoms with Gasteiger partial charge >= 0.3 is 0 Å². The maximum Gasteiger partial charge on any atom is 0.185 e. The molecule has 4 nitrogen and oxygen atoms in total. The van der Waals surface area contributed by atoms with Crippen LogP contribution < -0.4 is 10.6 Å². The molecular formula is C10H17N3OS. The Morgan fingerprint density at radius 2 is 2.33 bits per heavy atom. The number of nitrogens with two attached hydrogens (primary N) is 1. The zero-order valence-corrected chi connectivity index (χ0v) is 9.80. The van der Waals surface area contributed by atoms with Gasteiger partial charge in [0.15, 0.2) is 5.13 Å². The number of hydrogen-bond acceptors (Lipinski definition) is 5. The van der Waals surface area contributed by atoms with Crippen LogP contribution in [0.2, 0.25) is 0 Å². The Balaban J connectivity index is 2.02. The highest BCUT2D eigenvalue weighted by atomic mass is 32.1. The number of thiazole rings is 1. The van der Waals surface area contributed by atoms with Crippen molar-refractivity contribution >= 4 is 16.5 Å². The second-order valence-electron chi connectivity index (χ2n) is 3.77. The van der Waals surface area contributed by atoms with Crippen molar-refractivity contribution in [2.75, 3.05) is 25.2 Å². The molecule has 15 heavy (non-hydrogen) atoms. The van der Waals surface area contributed by atoms with Gasteiger partial charge in [-0.3, -0.25) is 0 Å². The Hall–Kier alpha value is -0.650. The van der Waals surface area contributed by atoms with E-state index in [1.807, 2.05) is 6.20 Å². The summed E-state index contributed by atoms with van der Waals surface area (Å²) < 4.78 is 5.35. The molecule has 0 spiro atoms. The summed E-state index contributed by atoms with van der Waals surface area (Å²) in [4.78, 5) is 7.78. The number of aromatic nitrogens is 1. The van der Waals surface area contributed by atoms with Gasteiger partial charge in [0, 0.05) is 43.9 Å². The lowest BCUT2D eigenvalue weighted by Gasteiger charge is -2.30. The Kier molecular flexibility index (Phi) is 3.56. The maximum absolute atomic E-state index is 5.57. The average molecular weight is 227 g/mol. The van der Waals surface area contributed by atoms with Crippen molar-refractivity contribution in [3.8, 4) is 0 Å². The molecule has 1 aliphatic rings. The third-order valence-electron chi connectivity index (χ3n) is 2.78. The van der Waals surface area contributed by atoms with Gasteiger partial charge in [-0.1, -0.05) is 0 Å². The third kappa shape index (κ3) is 2.48. The first kappa shape index (κ1) is 10.9. The summed E-state index contributed by atoms with van der Waals surface area (Å²) in [6, 6.07) is 0.565. The lowest BCUT2D eigenvalue weighted by Crippen LogP contribution is -2.36. The van der Waals surface area contributed by atoms with Gasteiger partial charge in [0.2, 0.25) is 0 Å². The molecule has 0 unspecified atom stereocenters. The van der Waals surface area contributed by atoms with Crippen LogP contribution in [0.15, 0.2) is 6.20 Å². The van der Waals surface area contributed by atoms with Crippen molar-refractivity contribution in [3.63, 3.8) is 0 Å². The molecule has 0 aromatic carbocycles. The van der Waals surface area contributed by atoms with Crippen molar-refractivity contribution in [1.29, 1.82) is 0 Å². The first-order chi connectivity index (χ1) is 7.31. The molecule has 1 aliphatic heterocycles. The molecule has 0 aliphatic carbocycles. The van der Waals surface area contributed by atoms with Gasteiger partial charge in [-0.15, -0.1) is 11.3 Å².